The number of rotatable bonds is 2. The van der Waals surface area contributed by atoms with Crippen LogP contribution in [0.4, 0.5) is 4.39 Å². The van der Waals surface area contributed by atoms with E-state index in [1.165, 1.54) is 6.07 Å². The number of carbonyl (C=O) groups is 1. The third kappa shape index (κ3) is 2.46. The summed E-state index contributed by atoms with van der Waals surface area (Å²) >= 11 is 11.1. The Kier molecular flexibility index (Phi) is 3.41. The average molecular weight is 270 g/mol. The Morgan fingerprint density at radius 1 is 1.24 bits per heavy atom. The summed E-state index contributed by atoms with van der Waals surface area (Å²) in [6, 6.07) is 5.71. The zero-order chi connectivity index (χ0) is 12.4. The van der Waals surface area contributed by atoms with Crippen molar-refractivity contribution in [2.45, 2.75) is 0 Å². The quantitative estimate of drug-likeness (QED) is 0.774. The average Bonchev–Trinajstić information content (AvgIpc) is 2.32. The molecule has 2 rings (SSSR count). The summed E-state index contributed by atoms with van der Waals surface area (Å²) < 4.78 is 13.8. The fourth-order valence-corrected chi connectivity index (χ4v) is 1.90. The predicted molar refractivity (Wildman–Crippen MR) is 64.8 cm³/mol. The smallest absolute Gasteiger partial charge is 0.253 e. The lowest BCUT2D eigenvalue weighted by molar-refractivity contribution is 0.108. The first-order chi connectivity index (χ1) is 8.09. The van der Waals surface area contributed by atoms with Crippen molar-refractivity contribution in [3.63, 3.8) is 0 Å². The molecule has 86 valence electrons. The molecule has 0 aliphatic rings. The Balaban J connectivity index is 2.58. The van der Waals surface area contributed by atoms with E-state index in [1.807, 2.05) is 0 Å². The van der Waals surface area contributed by atoms with E-state index in [4.69, 9.17) is 23.2 Å². The van der Waals surface area contributed by atoms with Crippen LogP contribution in [0, 0.1) is 5.82 Å². The summed E-state index contributed by atoms with van der Waals surface area (Å²) in [6.07, 6.45) is 3.09. The van der Waals surface area contributed by atoms with E-state index in [2.05, 4.69) is 4.98 Å². The number of hydrogen-bond acceptors (Lipinski definition) is 2. The van der Waals surface area contributed by atoms with Crippen LogP contribution in [0.5, 0.6) is 0 Å². The van der Waals surface area contributed by atoms with Gasteiger partial charge in [-0.1, -0.05) is 11.6 Å². The van der Waals surface area contributed by atoms with Gasteiger partial charge in [-0.15, -0.1) is 0 Å². The molecule has 0 atom stereocenters. The van der Waals surface area contributed by atoms with Crippen molar-refractivity contribution in [1.29, 1.82) is 0 Å². The molecule has 1 heterocycles. The zero-order valence-corrected chi connectivity index (χ0v) is 9.97. The highest BCUT2D eigenvalue weighted by molar-refractivity contribution is 6.68. The first-order valence-electron chi connectivity index (χ1n) is 4.69. The normalized spacial score (nSPS) is 10.3. The van der Waals surface area contributed by atoms with Gasteiger partial charge in [-0.2, -0.15) is 0 Å². The van der Waals surface area contributed by atoms with Crippen molar-refractivity contribution < 1.29 is 9.18 Å². The second-order valence-electron chi connectivity index (χ2n) is 3.32. The highest BCUT2D eigenvalue weighted by atomic mass is 35.5. The molecule has 0 saturated carbocycles. The van der Waals surface area contributed by atoms with Gasteiger partial charge < -0.3 is 0 Å². The predicted octanol–water partition coefficient (Wildman–Crippen LogP) is 3.92. The second-order valence-corrected chi connectivity index (χ2v) is 4.07. The Morgan fingerprint density at radius 3 is 2.47 bits per heavy atom. The molecule has 0 bridgehead atoms. The zero-order valence-electron chi connectivity index (χ0n) is 8.45. The first kappa shape index (κ1) is 12.0. The van der Waals surface area contributed by atoms with Crippen molar-refractivity contribution in [2.75, 3.05) is 0 Å². The van der Waals surface area contributed by atoms with Gasteiger partial charge in [0.25, 0.3) is 5.24 Å². The molecule has 1 aromatic heterocycles. The maximum atomic E-state index is 13.8. The topological polar surface area (TPSA) is 30.0 Å². The Hall–Kier alpha value is -1.45. The molecule has 0 N–H and O–H groups in total. The maximum absolute atomic E-state index is 13.8. The number of nitrogens with zero attached hydrogens (tertiary/aromatic N) is 1. The van der Waals surface area contributed by atoms with Crippen LogP contribution in [0.15, 0.2) is 36.7 Å². The summed E-state index contributed by atoms with van der Waals surface area (Å²) in [4.78, 5) is 14.8. The molecule has 0 radical (unpaired) electrons. The molecule has 17 heavy (non-hydrogen) atoms. The molecule has 0 saturated heterocycles. The van der Waals surface area contributed by atoms with Gasteiger partial charge in [0.05, 0.1) is 10.6 Å². The molecule has 0 spiro atoms. The lowest BCUT2D eigenvalue weighted by atomic mass is 10.0. The molecule has 0 unspecified atom stereocenters. The number of benzene rings is 1. The van der Waals surface area contributed by atoms with E-state index in [0.29, 0.717) is 11.1 Å². The number of hydrogen-bond donors (Lipinski definition) is 0. The van der Waals surface area contributed by atoms with E-state index < -0.39 is 11.1 Å². The van der Waals surface area contributed by atoms with Crippen LogP contribution >= 0.6 is 23.2 Å². The molecule has 2 nitrogen and oxygen atoms in total. The van der Waals surface area contributed by atoms with Crippen LogP contribution < -0.4 is 0 Å². The van der Waals surface area contributed by atoms with Crippen LogP contribution in [0.3, 0.4) is 0 Å². The van der Waals surface area contributed by atoms with E-state index in [9.17, 15) is 9.18 Å². The van der Waals surface area contributed by atoms with Crippen molar-refractivity contribution in [1.82, 2.24) is 4.98 Å². The molecule has 5 heteroatoms. The number of pyridine rings is 1. The summed E-state index contributed by atoms with van der Waals surface area (Å²) in [5.41, 5.74) is 0.899. The minimum Gasteiger partial charge on any atom is -0.276 e. The van der Waals surface area contributed by atoms with Crippen LogP contribution in [0.25, 0.3) is 11.1 Å². The molecule has 1 aromatic carbocycles. The highest BCUT2D eigenvalue weighted by Gasteiger charge is 2.14. The molecular formula is C12H6Cl2FNO. The maximum Gasteiger partial charge on any atom is 0.253 e. The molecule has 0 aliphatic carbocycles. The summed E-state index contributed by atoms with van der Waals surface area (Å²) in [7, 11) is 0. The molecule has 2 aromatic rings. The van der Waals surface area contributed by atoms with Gasteiger partial charge in [0.15, 0.2) is 0 Å². The molecule has 0 fully saturated rings. The van der Waals surface area contributed by atoms with Gasteiger partial charge in [-0.3, -0.25) is 9.78 Å². The van der Waals surface area contributed by atoms with Crippen molar-refractivity contribution in [3.8, 4) is 11.1 Å². The third-order valence-electron chi connectivity index (χ3n) is 2.26. The molecule has 0 amide bonds. The highest BCUT2D eigenvalue weighted by Crippen LogP contribution is 2.29. The van der Waals surface area contributed by atoms with Gasteiger partial charge >= 0.3 is 0 Å². The third-order valence-corrected chi connectivity index (χ3v) is 2.78. The van der Waals surface area contributed by atoms with Gasteiger partial charge in [0, 0.05) is 18.0 Å². The first-order valence-corrected chi connectivity index (χ1v) is 5.44. The van der Waals surface area contributed by atoms with Crippen molar-refractivity contribution in [3.05, 3.63) is 53.1 Å². The van der Waals surface area contributed by atoms with Crippen LogP contribution in [0.2, 0.25) is 5.02 Å². The Morgan fingerprint density at radius 2 is 1.88 bits per heavy atom. The minimum atomic E-state index is -0.782. The van der Waals surface area contributed by atoms with E-state index in [1.54, 1.807) is 24.5 Å². The Bertz CT molecular complexity index is 572. The lowest BCUT2D eigenvalue weighted by Crippen LogP contribution is -1.94. The summed E-state index contributed by atoms with van der Waals surface area (Å²) in [6.45, 7) is 0. The summed E-state index contributed by atoms with van der Waals surface area (Å²) in [5, 5.41) is -0.659. The molecule has 0 aliphatic heterocycles. The second kappa shape index (κ2) is 4.82. The SMILES string of the molecule is O=C(Cl)c1cc(F)c(-c2ccncc2)cc1Cl. The van der Waals surface area contributed by atoms with Crippen LogP contribution in [-0.2, 0) is 0 Å². The van der Waals surface area contributed by atoms with Gasteiger partial charge in [0.2, 0.25) is 0 Å². The fraction of sp³-hybridized carbons (Fsp3) is 0. The lowest BCUT2D eigenvalue weighted by Gasteiger charge is -2.06. The van der Waals surface area contributed by atoms with Crippen molar-refractivity contribution >= 4 is 28.4 Å². The number of aromatic nitrogens is 1. The molecular weight excluding hydrogens is 264 g/mol. The van der Waals surface area contributed by atoms with E-state index in [-0.39, 0.29) is 10.6 Å². The number of halogens is 3. The standard InChI is InChI=1S/C12H6Cl2FNO/c13-10-5-8(7-1-3-16-4-2-7)11(15)6-9(10)12(14)17/h1-6H. The van der Waals surface area contributed by atoms with Crippen LogP contribution in [0.1, 0.15) is 10.4 Å². The van der Waals surface area contributed by atoms with E-state index in [0.717, 1.165) is 6.07 Å². The van der Waals surface area contributed by atoms with E-state index >= 15 is 0 Å². The largest absolute Gasteiger partial charge is 0.276 e. The summed E-state index contributed by atoms with van der Waals surface area (Å²) in [5.74, 6) is -0.551. The van der Waals surface area contributed by atoms with Crippen LogP contribution in [-0.4, -0.2) is 10.2 Å². The van der Waals surface area contributed by atoms with Gasteiger partial charge in [-0.25, -0.2) is 4.39 Å². The van der Waals surface area contributed by atoms with Gasteiger partial charge in [-0.05, 0) is 41.4 Å². The minimum absolute atomic E-state index is 0.0383. The Labute approximate surface area is 107 Å². The van der Waals surface area contributed by atoms with Gasteiger partial charge in [0.1, 0.15) is 5.82 Å². The fourth-order valence-electron chi connectivity index (χ4n) is 1.45. The number of carbonyl (C=O) groups excluding carboxylic acids is 1. The monoisotopic (exact) mass is 269 g/mol. The van der Waals surface area contributed by atoms with Crippen molar-refractivity contribution in [2.24, 2.45) is 0 Å².